The number of carbonyl (C=O) groups excluding carboxylic acids is 2. The highest BCUT2D eigenvalue weighted by molar-refractivity contribution is 7.80. The number of anilines is 2. The minimum Gasteiger partial charge on any atom is -0.332 e. The second-order valence-electron chi connectivity index (χ2n) is 5.51. The highest BCUT2D eigenvalue weighted by Gasteiger charge is 2.05. The van der Waals surface area contributed by atoms with Crippen LogP contribution in [-0.2, 0) is 9.59 Å². The van der Waals surface area contributed by atoms with Crippen LogP contribution in [0.5, 0.6) is 0 Å². The standard InChI is InChI=1S/C19H18ClN3O2S/c1-12-7-9-15(11-17(12)21-13(2)24)22-19(26)23-18(25)10-8-14-5-3-4-6-16(14)20/h3-11H,1-2H3,(H,21,24)(H2,22,23,25,26)/b10-8+. The van der Waals surface area contributed by atoms with Gasteiger partial charge in [-0.1, -0.05) is 35.9 Å². The van der Waals surface area contributed by atoms with Gasteiger partial charge < -0.3 is 10.6 Å². The van der Waals surface area contributed by atoms with Crippen LogP contribution in [0.2, 0.25) is 5.02 Å². The number of benzene rings is 2. The van der Waals surface area contributed by atoms with Crippen LogP contribution < -0.4 is 16.0 Å². The molecule has 26 heavy (non-hydrogen) atoms. The average Bonchev–Trinajstić information content (AvgIpc) is 2.56. The zero-order valence-electron chi connectivity index (χ0n) is 14.3. The number of aryl methyl sites for hydroxylation is 1. The molecule has 0 fully saturated rings. The predicted octanol–water partition coefficient (Wildman–Crippen LogP) is 4.13. The van der Waals surface area contributed by atoms with Crippen LogP contribution in [0, 0.1) is 6.92 Å². The Hall–Kier alpha value is -2.70. The molecular weight excluding hydrogens is 370 g/mol. The second kappa shape index (κ2) is 9.12. The van der Waals surface area contributed by atoms with Crippen molar-refractivity contribution in [3.8, 4) is 0 Å². The van der Waals surface area contributed by atoms with Crippen LogP contribution in [0.15, 0.2) is 48.5 Å². The molecule has 3 N–H and O–H groups in total. The molecule has 0 aliphatic carbocycles. The van der Waals surface area contributed by atoms with Crippen molar-refractivity contribution in [2.24, 2.45) is 0 Å². The summed E-state index contributed by atoms with van der Waals surface area (Å²) < 4.78 is 0. The van der Waals surface area contributed by atoms with Crippen molar-refractivity contribution in [1.82, 2.24) is 5.32 Å². The molecule has 2 amide bonds. The number of amides is 2. The fourth-order valence-electron chi connectivity index (χ4n) is 2.12. The van der Waals surface area contributed by atoms with Crippen molar-refractivity contribution in [2.45, 2.75) is 13.8 Å². The summed E-state index contributed by atoms with van der Waals surface area (Å²) in [6.45, 7) is 3.32. The lowest BCUT2D eigenvalue weighted by Crippen LogP contribution is -2.32. The van der Waals surface area contributed by atoms with E-state index in [0.29, 0.717) is 16.4 Å². The monoisotopic (exact) mass is 387 g/mol. The third-order valence-corrected chi connectivity index (χ3v) is 3.91. The van der Waals surface area contributed by atoms with Gasteiger partial charge in [-0.3, -0.25) is 14.9 Å². The molecule has 0 atom stereocenters. The van der Waals surface area contributed by atoms with Crippen molar-refractivity contribution in [1.29, 1.82) is 0 Å². The number of halogens is 1. The smallest absolute Gasteiger partial charge is 0.250 e. The summed E-state index contributed by atoms with van der Waals surface area (Å²) in [6.07, 6.45) is 2.97. The molecule has 0 aliphatic rings. The fraction of sp³-hybridized carbons (Fsp3) is 0.105. The van der Waals surface area contributed by atoms with Crippen molar-refractivity contribution in [3.05, 3.63) is 64.7 Å². The SMILES string of the molecule is CC(=O)Nc1cc(NC(=S)NC(=O)/C=C/c2ccccc2Cl)ccc1C. The van der Waals surface area contributed by atoms with Gasteiger partial charge in [0.15, 0.2) is 5.11 Å². The molecule has 2 aromatic rings. The van der Waals surface area contributed by atoms with Crippen LogP contribution >= 0.6 is 23.8 Å². The Balaban J connectivity index is 1.97. The zero-order valence-corrected chi connectivity index (χ0v) is 15.9. The topological polar surface area (TPSA) is 70.2 Å². The van der Waals surface area contributed by atoms with Crippen LogP contribution in [0.3, 0.4) is 0 Å². The molecule has 134 valence electrons. The summed E-state index contributed by atoms with van der Waals surface area (Å²) in [6, 6.07) is 12.6. The Kier molecular flexibility index (Phi) is 6.89. The maximum absolute atomic E-state index is 12.0. The summed E-state index contributed by atoms with van der Waals surface area (Å²) in [5, 5.41) is 8.91. The van der Waals surface area contributed by atoms with Gasteiger partial charge in [0.1, 0.15) is 0 Å². The molecule has 0 aliphatic heterocycles. The molecule has 0 aromatic heterocycles. The Morgan fingerprint density at radius 1 is 1.12 bits per heavy atom. The Morgan fingerprint density at radius 2 is 1.85 bits per heavy atom. The lowest BCUT2D eigenvalue weighted by Gasteiger charge is -2.12. The lowest BCUT2D eigenvalue weighted by atomic mass is 10.2. The Morgan fingerprint density at radius 3 is 2.54 bits per heavy atom. The van der Waals surface area contributed by atoms with Gasteiger partial charge in [0.05, 0.1) is 0 Å². The number of hydrogen-bond acceptors (Lipinski definition) is 3. The van der Waals surface area contributed by atoms with E-state index in [9.17, 15) is 9.59 Å². The number of carbonyl (C=O) groups is 2. The quantitative estimate of drug-likeness (QED) is 0.545. The first-order valence-corrected chi connectivity index (χ1v) is 8.56. The molecule has 5 nitrogen and oxygen atoms in total. The van der Waals surface area contributed by atoms with Gasteiger partial charge in [-0.15, -0.1) is 0 Å². The van der Waals surface area contributed by atoms with Crippen molar-refractivity contribution >= 4 is 58.2 Å². The maximum atomic E-state index is 12.0. The maximum Gasteiger partial charge on any atom is 0.250 e. The van der Waals surface area contributed by atoms with Gasteiger partial charge in [0.2, 0.25) is 11.8 Å². The van der Waals surface area contributed by atoms with E-state index in [4.69, 9.17) is 23.8 Å². The van der Waals surface area contributed by atoms with E-state index in [2.05, 4.69) is 16.0 Å². The van der Waals surface area contributed by atoms with Crippen molar-refractivity contribution < 1.29 is 9.59 Å². The highest BCUT2D eigenvalue weighted by atomic mass is 35.5. The van der Waals surface area contributed by atoms with Gasteiger partial charge in [-0.2, -0.15) is 0 Å². The summed E-state index contributed by atoms with van der Waals surface area (Å²) in [5.41, 5.74) is 2.99. The zero-order chi connectivity index (χ0) is 19.1. The van der Waals surface area contributed by atoms with Gasteiger partial charge in [-0.05, 0) is 54.5 Å². The summed E-state index contributed by atoms with van der Waals surface area (Å²) in [5.74, 6) is -0.539. The molecule has 7 heteroatoms. The lowest BCUT2D eigenvalue weighted by molar-refractivity contribution is -0.115. The second-order valence-corrected chi connectivity index (χ2v) is 6.32. The minimum atomic E-state index is -0.378. The first-order valence-electron chi connectivity index (χ1n) is 7.78. The largest absolute Gasteiger partial charge is 0.332 e. The van der Waals surface area contributed by atoms with E-state index >= 15 is 0 Å². The molecule has 0 saturated heterocycles. The van der Waals surface area contributed by atoms with E-state index in [1.165, 1.54) is 13.0 Å². The number of rotatable bonds is 4. The van der Waals surface area contributed by atoms with Crippen LogP contribution in [0.25, 0.3) is 6.08 Å². The van der Waals surface area contributed by atoms with Gasteiger partial charge in [0.25, 0.3) is 0 Å². The molecule has 2 aromatic carbocycles. The summed E-state index contributed by atoms with van der Waals surface area (Å²) in [7, 11) is 0. The third kappa shape index (κ3) is 5.98. The summed E-state index contributed by atoms with van der Waals surface area (Å²) >= 11 is 11.2. The Bertz CT molecular complexity index is 881. The average molecular weight is 388 g/mol. The van der Waals surface area contributed by atoms with Gasteiger partial charge >= 0.3 is 0 Å². The minimum absolute atomic E-state index is 0.149. The molecule has 0 saturated carbocycles. The summed E-state index contributed by atoms with van der Waals surface area (Å²) in [4.78, 5) is 23.2. The normalized spacial score (nSPS) is 10.4. The van der Waals surface area contributed by atoms with Gasteiger partial charge in [-0.25, -0.2) is 0 Å². The van der Waals surface area contributed by atoms with Crippen LogP contribution in [-0.4, -0.2) is 16.9 Å². The highest BCUT2D eigenvalue weighted by Crippen LogP contribution is 2.20. The van der Waals surface area contributed by atoms with Gasteiger partial charge in [0, 0.05) is 29.4 Å². The third-order valence-electron chi connectivity index (χ3n) is 3.36. The van der Waals surface area contributed by atoms with E-state index in [-0.39, 0.29) is 16.9 Å². The van der Waals surface area contributed by atoms with Crippen LogP contribution in [0.4, 0.5) is 11.4 Å². The first-order chi connectivity index (χ1) is 12.3. The molecule has 0 radical (unpaired) electrons. The molecule has 0 heterocycles. The molecule has 0 spiro atoms. The van der Waals surface area contributed by atoms with Crippen molar-refractivity contribution in [2.75, 3.05) is 10.6 Å². The van der Waals surface area contributed by atoms with E-state index in [0.717, 1.165) is 11.1 Å². The number of hydrogen-bond donors (Lipinski definition) is 3. The van der Waals surface area contributed by atoms with E-state index < -0.39 is 0 Å². The number of thiocarbonyl (C=S) groups is 1. The Labute approximate surface area is 162 Å². The number of nitrogens with one attached hydrogen (secondary N) is 3. The van der Waals surface area contributed by atoms with Crippen molar-refractivity contribution in [3.63, 3.8) is 0 Å². The van der Waals surface area contributed by atoms with Crippen LogP contribution in [0.1, 0.15) is 18.1 Å². The molecule has 0 unspecified atom stereocenters. The van der Waals surface area contributed by atoms with E-state index in [1.807, 2.05) is 25.1 Å². The molecular formula is C19H18ClN3O2S. The predicted molar refractivity (Wildman–Crippen MR) is 110 cm³/mol. The fourth-order valence-corrected chi connectivity index (χ4v) is 2.53. The first kappa shape index (κ1) is 19.6. The molecule has 0 bridgehead atoms. The molecule has 2 rings (SSSR count). The van der Waals surface area contributed by atoms with E-state index in [1.54, 1.807) is 30.3 Å².